The SMILES string of the molecule is CC1=C(C)C(=O)C(c2cn(C)c3ccccc23)=C(C)C1=O. The summed E-state index contributed by atoms with van der Waals surface area (Å²) in [6.45, 7) is 5.19. The van der Waals surface area contributed by atoms with E-state index in [4.69, 9.17) is 0 Å². The van der Waals surface area contributed by atoms with Gasteiger partial charge in [-0.05, 0) is 26.8 Å². The number of nitrogens with zero attached hydrogens (tertiary/aromatic N) is 1. The van der Waals surface area contributed by atoms with E-state index in [-0.39, 0.29) is 11.6 Å². The molecule has 0 amide bonds. The minimum Gasteiger partial charge on any atom is -0.350 e. The second-order valence-electron chi connectivity index (χ2n) is 5.58. The van der Waals surface area contributed by atoms with Gasteiger partial charge in [0, 0.05) is 52.0 Å². The van der Waals surface area contributed by atoms with Crippen LogP contribution >= 0.6 is 0 Å². The van der Waals surface area contributed by atoms with Crippen LogP contribution in [0.2, 0.25) is 0 Å². The van der Waals surface area contributed by atoms with Crippen molar-refractivity contribution in [2.45, 2.75) is 20.8 Å². The zero-order valence-corrected chi connectivity index (χ0v) is 12.7. The van der Waals surface area contributed by atoms with E-state index in [1.54, 1.807) is 20.8 Å². The normalized spacial score (nSPS) is 16.4. The van der Waals surface area contributed by atoms with Gasteiger partial charge in [-0.15, -0.1) is 0 Å². The van der Waals surface area contributed by atoms with E-state index >= 15 is 0 Å². The van der Waals surface area contributed by atoms with E-state index in [0.29, 0.717) is 22.3 Å². The lowest BCUT2D eigenvalue weighted by molar-refractivity contribution is -0.115. The molecule has 0 unspecified atom stereocenters. The maximum absolute atomic E-state index is 12.7. The molecule has 1 aliphatic rings. The van der Waals surface area contributed by atoms with Gasteiger partial charge in [0.05, 0.1) is 0 Å². The maximum atomic E-state index is 12.7. The smallest absolute Gasteiger partial charge is 0.190 e. The van der Waals surface area contributed by atoms with Crippen LogP contribution < -0.4 is 0 Å². The average molecular weight is 279 g/mol. The van der Waals surface area contributed by atoms with Crippen LogP contribution in [-0.4, -0.2) is 16.1 Å². The number of para-hydroxylation sites is 1. The molecule has 21 heavy (non-hydrogen) atoms. The average Bonchev–Trinajstić information content (AvgIpc) is 2.81. The quantitative estimate of drug-likeness (QED) is 0.750. The molecule has 1 aromatic carbocycles. The van der Waals surface area contributed by atoms with Crippen LogP contribution in [0.25, 0.3) is 16.5 Å². The summed E-state index contributed by atoms with van der Waals surface area (Å²) in [6, 6.07) is 7.92. The maximum Gasteiger partial charge on any atom is 0.190 e. The molecule has 0 saturated heterocycles. The predicted octanol–water partition coefficient (Wildman–Crippen LogP) is 3.44. The molecule has 0 bridgehead atoms. The first-order chi connectivity index (χ1) is 9.93. The first kappa shape index (κ1) is 13.6. The van der Waals surface area contributed by atoms with Gasteiger partial charge in [0.1, 0.15) is 0 Å². The monoisotopic (exact) mass is 279 g/mol. The lowest BCUT2D eigenvalue weighted by Crippen LogP contribution is -2.19. The lowest BCUT2D eigenvalue weighted by Gasteiger charge is -2.18. The largest absolute Gasteiger partial charge is 0.350 e. The number of hydrogen-bond donors (Lipinski definition) is 0. The summed E-state index contributed by atoms with van der Waals surface area (Å²) in [5.41, 5.74) is 4.09. The molecule has 0 spiro atoms. The molecule has 106 valence electrons. The Hall–Kier alpha value is -2.42. The van der Waals surface area contributed by atoms with Crippen LogP contribution in [0.3, 0.4) is 0 Å². The summed E-state index contributed by atoms with van der Waals surface area (Å²) >= 11 is 0. The van der Waals surface area contributed by atoms with Gasteiger partial charge in [-0.1, -0.05) is 18.2 Å². The Morgan fingerprint density at radius 1 is 0.857 bits per heavy atom. The second kappa shape index (κ2) is 4.55. The number of fused-ring (bicyclic) bond motifs is 1. The molecule has 3 nitrogen and oxygen atoms in total. The summed E-state index contributed by atoms with van der Waals surface area (Å²) in [4.78, 5) is 25.0. The van der Waals surface area contributed by atoms with Crippen LogP contribution in [0, 0.1) is 0 Å². The van der Waals surface area contributed by atoms with Gasteiger partial charge in [0.2, 0.25) is 0 Å². The standard InChI is InChI=1S/C18H17NO2/c1-10-11(2)18(21)16(12(3)17(10)20)14-9-19(4)15-8-6-5-7-13(14)15/h5-9H,1-4H3. The molecule has 1 heterocycles. The van der Waals surface area contributed by atoms with Crippen molar-refractivity contribution in [2.24, 2.45) is 7.05 Å². The van der Waals surface area contributed by atoms with Gasteiger partial charge in [0.15, 0.2) is 11.6 Å². The second-order valence-corrected chi connectivity index (χ2v) is 5.58. The van der Waals surface area contributed by atoms with Crippen molar-refractivity contribution >= 4 is 28.0 Å². The third-order valence-electron chi connectivity index (χ3n) is 4.35. The van der Waals surface area contributed by atoms with Crippen LogP contribution in [-0.2, 0) is 16.6 Å². The molecule has 0 aliphatic heterocycles. The number of benzene rings is 1. The Kier molecular flexibility index (Phi) is 2.94. The third kappa shape index (κ3) is 1.81. The fourth-order valence-corrected chi connectivity index (χ4v) is 2.96. The highest BCUT2D eigenvalue weighted by molar-refractivity contribution is 6.40. The van der Waals surface area contributed by atoms with Crippen LogP contribution in [0.15, 0.2) is 47.2 Å². The van der Waals surface area contributed by atoms with E-state index in [2.05, 4.69) is 0 Å². The molecular weight excluding hydrogens is 262 g/mol. The molecule has 2 aromatic rings. The van der Waals surface area contributed by atoms with E-state index in [1.165, 1.54) is 0 Å². The Bertz CT molecular complexity index is 862. The summed E-state index contributed by atoms with van der Waals surface area (Å²) in [7, 11) is 1.95. The van der Waals surface area contributed by atoms with E-state index < -0.39 is 0 Å². The molecule has 1 aliphatic carbocycles. The third-order valence-corrected chi connectivity index (χ3v) is 4.35. The predicted molar refractivity (Wildman–Crippen MR) is 83.9 cm³/mol. The van der Waals surface area contributed by atoms with Gasteiger partial charge < -0.3 is 4.57 Å². The van der Waals surface area contributed by atoms with Gasteiger partial charge in [-0.25, -0.2) is 0 Å². The van der Waals surface area contributed by atoms with E-state index in [1.807, 2.05) is 42.1 Å². The Morgan fingerprint density at radius 2 is 1.48 bits per heavy atom. The number of ketones is 2. The number of carbonyl (C=O) groups is 2. The van der Waals surface area contributed by atoms with Crippen LogP contribution in [0.5, 0.6) is 0 Å². The molecule has 0 N–H and O–H groups in total. The molecule has 0 saturated carbocycles. The van der Waals surface area contributed by atoms with Crippen LogP contribution in [0.1, 0.15) is 26.3 Å². The zero-order chi connectivity index (χ0) is 15.3. The van der Waals surface area contributed by atoms with Crippen molar-refractivity contribution < 1.29 is 9.59 Å². The molecule has 0 atom stereocenters. The Labute approximate surface area is 123 Å². The zero-order valence-electron chi connectivity index (χ0n) is 12.7. The molecule has 3 heteroatoms. The van der Waals surface area contributed by atoms with Crippen LogP contribution in [0.4, 0.5) is 0 Å². The van der Waals surface area contributed by atoms with Gasteiger partial charge in [-0.2, -0.15) is 0 Å². The topological polar surface area (TPSA) is 39.1 Å². The highest BCUT2D eigenvalue weighted by atomic mass is 16.1. The highest BCUT2D eigenvalue weighted by Gasteiger charge is 2.30. The van der Waals surface area contributed by atoms with Gasteiger partial charge >= 0.3 is 0 Å². The van der Waals surface area contributed by atoms with E-state index in [0.717, 1.165) is 16.5 Å². The number of aryl methyl sites for hydroxylation is 1. The van der Waals surface area contributed by atoms with Crippen molar-refractivity contribution in [3.63, 3.8) is 0 Å². The minimum atomic E-state index is -0.0408. The van der Waals surface area contributed by atoms with Gasteiger partial charge in [-0.3, -0.25) is 9.59 Å². The Balaban J connectivity index is 2.33. The van der Waals surface area contributed by atoms with Crippen molar-refractivity contribution in [1.82, 2.24) is 4.57 Å². The fraction of sp³-hybridized carbons (Fsp3) is 0.222. The summed E-state index contributed by atoms with van der Waals surface area (Å²) in [6.07, 6.45) is 1.93. The number of aromatic nitrogens is 1. The molecule has 1 aromatic heterocycles. The van der Waals surface area contributed by atoms with Crippen molar-refractivity contribution in [2.75, 3.05) is 0 Å². The van der Waals surface area contributed by atoms with Crippen molar-refractivity contribution in [3.8, 4) is 0 Å². The molecule has 0 fully saturated rings. The highest BCUT2D eigenvalue weighted by Crippen LogP contribution is 2.35. The number of allylic oxidation sites excluding steroid dienone is 4. The van der Waals surface area contributed by atoms with Crippen molar-refractivity contribution in [1.29, 1.82) is 0 Å². The first-order valence-electron chi connectivity index (χ1n) is 6.95. The number of rotatable bonds is 1. The van der Waals surface area contributed by atoms with E-state index in [9.17, 15) is 9.59 Å². The van der Waals surface area contributed by atoms with Crippen molar-refractivity contribution in [3.05, 3.63) is 52.7 Å². The minimum absolute atomic E-state index is 0.0324. The summed E-state index contributed by atoms with van der Waals surface area (Å²) in [5, 5.41) is 1.00. The summed E-state index contributed by atoms with van der Waals surface area (Å²) < 4.78 is 1.99. The number of hydrogen-bond acceptors (Lipinski definition) is 2. The molecule has 3 rings (SSSR count). The van der Waals surface area contributed by atoms with Gasteiger partial charge in [0.25, 0.3) is 0 Å². The molecular formula is C18H17NO2. The Morgan fingerprint density at radius 3 is 2.19 bits per heavy atom. The number of Topliss-reactive ketones (excluding diaryl/α,β-unsaturated/α-hetero) is 2. The number of carbonyl (C=O) groups excluding carboxylic acids is 2. The lowest BCUT2D eigenvalue weighted by atomic mass is 9.83. The summed E-state index contributed by atoms with van der Waals surface area (Å²) in [5.74, 6) is -0.0732. The first-order valence-corrected chi connectivity index (χ1v) is 6.95. The fourth-order valence-electron chi connectivity index (χ4n) is 2.96. The molecule has 0 radical (unpaired) electrons.